The van der Waals surface area contributed by atoms with E-state index in [1.165, 1.54) is 0 Å². The van der Waals surface area contributed by atoms with Crippen LogP contribution >= 0.6 is 39.1 Å². The van der Waals surface area contributed by atoms with Crippen LogP contribution < -0.4 is 5.32 Å². The molecule has 1 heterocycles. The van der Waals surface area contributed by atoms with Crippen molar-refractivity contribution in [3.63, 3.8) is 0 Å². The summed E-state index contributed by atoms with van der Waals surface area (Å²) in [6.07, 6.45) is 1.39. The Balaban J connectivity index is 1.78. The second-order valence-electron chi connectivity index (χ2n) is 6.29. The van der Waals surface area contributed by atoms with E-state index in [2.05, 4.69) is 21.2 Å². The maximum Gasteiger partial charge on any atom is 0.254 e. The van der Waals surface area contributed by atoms with E-state index in [1.807, 2.05) is 25.1 Å². The highest BCUT2D eigenvalue weighted by molar-refractivity contribution is 9.10. The second-order valence-corrected chi connectivity index (χ2v) is 8.01. The summed E-state index contributed by atoms with van der Waals surface area (Å²) >= 11 is 15.5. The van der Waals surface area contributed by atoms with E-state index in [0.29, 0.717) is 34.3 Å². The summed E-state index contributed by atoms with van der Waals surface area (Å²) in [4.78, 5) is 27.2. The average Bonchev–Trinajstić information content (AvgIpc) is 3.05. The molecule has 2 amide bonds. The Hall–Kier alpha value is -1.56. The number of amides is 2. The Labute approximate surface area is 170 Å². The number of hydrogen-bond acceptors (Lipinski definition) is 2. The van der Waals surface area contributed by atoms with Gasteiger partial charge in [0.25, 0.3) is 5.91 Å². The minimum Gasteiger partial charge on any atom is -0.327 e. The maximum atomic E-state index is 12.8. The number of nitrogens with one attached hydrogen (secondary N) is 1. The maximum absolute atomic E-state index is 12.8. The van der Waals surface area contributed by atoms with Crippen molar-refractivity contribution in [3.8, 4) is 0 Å². The number of nitrogens with zero attached hydrogens (tertiary/aromatic N) is 1. The Kier molecular flexibility index (Phi) is 5.90. The van der Waals surface area contributed by atoms with Crippen molar-refractivity contribution in [2.45, 2.75) is 25.8 Å². The Morgan fingerprint density at radius 1 is 1.15 bits per heavy atom. The highest BCUT2D eigenvalue weighted by Crippen LogP contribution is 2.27. The Morgan fingerprint density at radius 2 is 1.85 bits per heavy atom. The lowest BCUT2D eigenvalue weighted by Crippen LogP contribution is -2.43. The monoisotopic (exact) mass is 454 g/mol. The molecule has 1 fully saturated rings. The van der Waals surface area contributed by atoms with E-state index >= 15 is 0 Å². The molecule has 3 rings (SSSR count). The highest BCUT2D eigenvalue weighted by Gasteiger charge is 2.35. The van der Waals surface area contributed by atoms with Gasteiger partial charge < -0.3 is 10.2 Å². The van der Waals surface area contributed by atoms with Crippen molar-refractivity contribution in [1.82, 2.24) is 4.90 Å². The summed E-state index contributed by atoms with van der Waals surface area (Å²) in [5.41, 5.74) is 2.16. The van der Waals surface area contributed by atoms with Crippen LogP contribution in [0.15, 0.2) is 40.9 Å². The average molecular weight is 456 g/mol. The van der Waals surface area contributed by atoms with E-state index in [9.17, 15) is 9.59 Å². The molecule has 2 aromatic rings. The predicted molar refractivity (Wildman–Crippen MR) is 108 cm³/mol. The SMILES string of the molecule is Cc1ccc(NC(=O)[C@@H]2CCCN2C(=O)c2cc(Cl)cc(Cl)c2)c(Br)c1. The number of benzene rings is 2. The number of carbonyl (C=O) groups excluding carboxylic acids is 2. The van der Waals surface area contributed by atoms with Crippen molar-refractivity contribution in [2.75, 3.05) is 11.9 Å². The molecule has 1 aliphatic rings. The molecule has 0 aromatic heterocycles. The number of halogens is 3. The molecule has 1 atom stereocenters. The standard InChI is InChI=1S/C19H17BrCl2N2O2/c1-11-4-5-16(15(20)7-11)23-18(25)17-3-2-6-24(17)19(26)12-8-13(21)10-14(22)9-12/h4-5,7-10,17H,2-3,6H2,1H3,(H,23,25)/t17-/m0/s1. The number of hydrogen-bond donors (Lipinski definition) is 1. The lowest BCUT2D eigenvalue weighted by atomic mass is 10.1. The fourth-order valence-corrected chi connectivity index (χ4v) is 4.18. The molecule has 2 aromatic carbocycles. The number of rotatable bonds is 3. The zero-order valence-corrected chi connectivity index (χ0v) is 17.2. The normalized spacial score (nSPS) is 16.6. The molecule has 1 saturated heterocycles. The van der Waals surface area contributed by atoms with Gasteiger partial charge in [0, 0.05) is 26.6 Å². The van der Waals surface area contributed by atoms with Gasteiger partial charge in [0.05, 0.1) is 5.69 Å². The van der Waals surface area contributed by atoms with Gasteiger partial charge in [0.1, 0.15) is 6.04 Å². The van der Waals surface area contributed by atoms with Gasteiger partial charge in [-0.15, -0.1) is 0 Å². The topological polar surface area (TPSA) is 49.4 Å². The van der Waals surface area contributed by atoms with Crippen LogP contribution in [0.3, 0.4) is 0 Å². The summed E-state index contributed by atoms with van der Waals surface area (Å²) < 4.78 is 0.809. The van der Waals surface area contributed by atoms with E-state index in [0.717, 1.165) is 16.5 Å². The van der Waals surface area contributed by atoms with E-state index in [-0.39, 0.29) is 11.8 Å². The van der Waals surface area contributed by atoms with Crippen LogP contribution in [-0.2, 0) is 4.79 Å². The van der Waals surface area contributed by atoms with Gasteiger partial charge in [-0.3, -0.25) is 9.59 Å². The largest absolute Gasteiger partial charge is 0.327 e. The van der Waals surface area contributed by atoms with E-state index in [4.69, 9.17) is 23.2 Å². The van der Waals surface area contributed by atoms with Crippen molar-refractivity contribution >= 4 is 56.6 Å². The first-order valence-electron chi connectivity index (χ1n) is 8.19. The molecule has 1 aliphatic heterocycles. The van der Waals surface area contributed by atoms with Gasteiger partial charge in [-0.25, -0.2) is 0 Å². The fraction of sp³-hybridized carbons (Fsp3) is 0.263. The smallest absolute Gasteiger partial charge is 0.254 e. The van der Waals surface area contributed by atoms with Crippen molar-refractivity contribution in [1.29, 1.82) is 0 Å². The first-order valence-corrected chi connectivity index (χ1v) is 9.74. The molecule has 1 N–H and O–H groups in total. The molecule has 0 radical (unpaired) electrons. The fourth-order valence-electron chi connectivity index (χ4n) is 3.06. The Bertz CT molecular complexity index is 852. The molecule has 0 spiro atoms. The van der Waals surface area contributed by atoms with Crippen LogP contribution in [0.1, 0.15) is 28.8 Å². The second kappa shape index (κ2) is 7.99. The first kappa shape index (κ1) is 19.2. The molecule has 136 valence electrons. The number of aryl methyl sites for hydroxylation is 1. The quantitative estimate of drug-likeness (QED) is 0.681. The molecule has 0 aliphatic carbocycles. The molecular formula is C19H17BrCl2N2O2. The van der Waals surface area contributed by atoms with Gasteiger partial charge in [-0.05, 0) is 71.6 Å². The zero-order valence-electron chi connectivity index (χ0n) is 14.1. The molecule has 7 heteroatoms. The summed E-state index contributed by atoms with van der Waals surface area (Å²) in [5.74, 6) is -0.441. The molecular weight excluding hydrogens is 439 g/mol. The van der Waals surface area contributed by atoms with Crippen molar-refractivity contribution in [3.05, 3.63) is 62.0 Å². The number of likely N-dealkylation sites (tertiary alicyclic amines) is 1. The van der Waals surface area contributed by atoms with Gasteiger partial charge in [-0.2, -0.15) is 0 Å². The third-order valence-corrected chi connectivity index (χ3v) is 5.40. The lowest BCUT2D eigenvalue weighted by molar-refractivity contribution is -0.119. The van der Waals surface area contributed by atoms with Crippen molar-refractivity contribution < 1.29 is 9.59 Å². The van der Waals surface area contributed by atoms with E-state index < -0.39 is 6.04 Å². The number of anilines is 1. The van der Waals surface area contributed by atoms with Gasteiger partial charge in [0.2, 0.25) is 5.91 Å². The lowest BCUT2D eigenvalue weighted by Gasteiger charge is -2.24. The zero-order chi connectivity index (χ0) is 18.8. The molecule has 26 heavy (non-hydrogen) atoms. The number of carbonyl (C=O) groups is 2. The van der Waals surface area contributed by atoms with E-state index in [1.54, 1.807) is 23.1 Å². The van der Waals surface area contributed by atoms with Crippen molar-refractivity contribution in [2.24, 2.45) is 0 Å². The van der Waals surface area contributed by atoms with Crippen LogP contribution in [0, 0.1) is 6.92 Å². The highest BCUT2D eigenvalue weighted by atomic mass is 79.9. The van der Waals surface area contributed by atoms with Gasteiger partial charge >= 0.3 is 0 Å². The molecule has 0 bridgehead atoms. The molecule has 0 unspecified atom stereocenters. The Morgan fingerprint density at radius 3 is 2.50 bits per heavy atom. The first-order chi connectivity index (χ1) is 12.3. The predicted octanol–water partition coefficient (Wildman–Crippen LogP) is 5.31. The molecule has 4 nitrogen and oxygen atoms in total. The van der Waals surface area contributed by atoms with Crippen LogP contribution in [-0.4, -0.2) is 29.3 Å². The van der Waals surface area contributed by atoms with Crippen LogP contribution in [0.25, 0.3) is 0 Å². The van der Waals surface area contributed by atoms with Crippen LogP contribution in [0.4, 0.5) is 5.69 Å². The summed E-state index contributed by atoms with van der Waals surface area (Å²) in [5, 5.41) is 3.69. The minimum atomic E-state index is -0.520. The van der Waals surface area contributed by atoms with Gasteiger partial charge in [-0.1, -0.05) is 29.3 Å². The third-order valence-electron chi connectivity index (χ3n) is 4.31. The van der Waals surface area contributed by atoms with Crippen LogP contribution in [0.5, 0.6) is 0 Å². The van der Waals surface area contributed by atoms with Crippen LogP contribution in [0.2, 0.25) is 10.0 Å². The summed E-state index contributed by atoms with van der Waals surface area (Å²) in [6, 6.07) is 9.89. The van der Waals surface area contributed by atoms with Gasteiger partial charge in [0.15, 0.2) is 0 Å². The summed E-state index contributed by atoms with van der Waals surface area (Å²) in [6.45, 7) is 2.50. The minimum absolute atomic E-state index is 0.200. The third kappa shape index (κ3) is 4.22. The molecule has 0 saturated carbocycles. The summed E-state index contributed by atoms with van der Waals surface area (Å²) in [7, 11) is 0.